The van der Waals surface area contributed by atoms with Gasteiger partial charge in [-0.2, -0.15) is 0 Å². The van der Waals surface area contributed by atoms with Crippen molar-refractivity contribution in [1.82, 2.24) is 13.2 Å². The number of para-hydroxylation sites is 7. The summed E-state index contributed by atoms with van der Waals surface area (Å²) in [6, 6.07) is 80.7. The van der Waals surface area contributed by atoms with Crippen LogP contribution in [0.2, 0.25) is 0 Å². The van der Waals surface area contributed by atoms with Crippen molar-refractivity contribution in [2.45, 2.75) is 405 Å². The second-order valence-corrected chi connectivity index (χ2v) is 26.4. The average molecular weight is 2080 g/mol. The molecule has 0 N–H and O–H groups in total. The topological polar surface area (TPSA) is 50.1 Å². The fourth-order valence-electron chi connectivity index (χ4n) is 11.0. The molecule has 6 heterocycles. The number of aromatic nitrogens is 3. The molecule has 149 heavy (non-hydrogen) atoms. The molecule has 0 atom stereocenters. The molecule has 0 bridgehead atoms. The number of methoxy groups -OCH3 is 4. The normalized spacial score (nSPS) is 8.47. The minimum atomic E-state index is 0.283. The molecule has 15 rings (SSSR count). The molecule has 7 nitrogen and oxygen atoms in total. The molecule has 0 fully saturated rings. The zero-order valence-corrected chi connectivity index (χ0v) is 110. The number of aryl methyl sites for hydroxylation is 6. The Labute approximate surface area is 934 Å². The van der Waals surface area contributed by atoms with E-state index in [1.165, 1.54) is 92.7 Å². The summed E-state index contributed by atoms with van der Waals surface area (Å²) >= 11 is 1.80. The number of benzene rings is 9. The second kappa shape index (κ2) is 152. The van der Waals surface area contributed by atoms with Gasteiger partial charge in [-0.1, -0.05) is 554 Å². The van der Waals surface area contributed by atoms with Crippen LogP contribution in [0.1, 0.15) is 392 Å². The monoisotopic (exact) mass is 2070 g/mol. The Morgan fingerprint density at radius 1 is 0.195 bits per heavy atom. The molecule has 0 radical (unpaired) electrons. The zero-order valence-electron chi connectivity index (χ0n) is 109. The van der Waals surface area contributed by atoms with E-state index in [1.54, 1.807) is 40.2 Å². The first kappa shape index (κ1) is 180. The first-order valence-electron chi connectivity index (χ1n) is 57.4. The molecule has 6 aromatic heterocycles. The van der Waals surface area contributed by atoms with Crippen LogP contribution in [0.4, 0.5) is 0 Å². The number of hydrogen-bond acceptors (Lipinski definition) is 5. The van der Waals surface area contributed by atoms with Crippen molar-refractivity contribution in [2.75, 3.05) is 34.7 Å². The van der Waals surface area contributed by atoms with Gasteiger partial charge in [-0.3, -0.25) is 0 Å². The standard InChI is InChI=1S/C11H16.3C10H7N.4C8H10O.C8H10S.3C6H10.21C2H6/c1-9-7-5-6-8-10(9)11(2,3)4;3*1-2-8-4-6-11-7-5-9(3-1)10(8)11;5*1-7-5-3-4-6-8(7)9-2;3*1-3-5-6-4-2;21*1-2/h5-8H,1-4H3;3*1-7H;5*3-6H,1-2H3;3*3-6H,1-2H3;21*1-2H3/b;;;;;;;;;3*5-3-,6-4-;;;;;;;;;;;;;;;;;;;;;. The highest BCUT2D eigenvalue weighted by atomic mass is 32.2. The smallest absolute Gasteiger partial charge is 0.121 e. The summed E-state index contributed by atoms with van der Waals surface area (Å²) in [5.41, 5.74) is 13.2. The molecule has 9 aromatic carbocycles. The van der Waals surface area contributed by atoms with Crippen LogP contribution in [-0.4, -0.2) is 47.9 Å². The maximum absolute atomic E-state index is 5.04. The number of thioether (sulfide) groups is 1. The van der Waals surface area contributed by atoms with Crippen LogP contribution in [0.25, 0.3) is 48.9 Å². The molecule has 8 heteroatoms. The summed E-state index contributed by atoms with van der Waals surface area (Å²) in [7, 11) is 6.73. The van der Waals surface area contributed by atoms with Crippen molar-refractivity contribution in [3.63, 3.8) is 0 Å². The van der Waals surface area contributed by atoms with E-state index in [0.29, 0.717) is 0 Å². The number of hydrogen-bond donors (Lipinski definition) is 0. The van der Waals surface area contributed by atoms with Gasteiger partial charge in [0, 0.05) is 74.4 Å². The fourth-order valence-corrected chi connectivity index (χ4v) is 11.6. The lowest BCUT2D eigenvalue weighted by Gasteiger charge is -2.21. The van der Waals surface area contributed by atoms with Gasteiger partial charge in [-0.05, 0) is 200 Å². The van der Waals surface area contributed by atoms with Gasteiger partial charge in [0.2, 0.25) is 0 Å². The van der Waals surface area contributed by atoms with Crippen molar-refractivity contribution < 1.29 is 18.9 Å². The third kappa shape index (κ3) is 92.7. The van der Waals surface area contributed by atoms with Crippen LogP contribution in [0, 0.1) is 41.5 Å². The third-order valence-corrected chi connectivity index (χ3v) is 17.5. The molecular formula is C141H243N3O4S. The zero-order chi connectivity index (χ0) is 120. The summed E-state index contributed by atoms with van der Waals surface area (Å²) in [5, 5.41) is 7.96. The van der Waals surface area contributed by atoms with E-state index < -0.39 is 0 Å². The van der Waals surface area contributed by atoms with E-state index in [1.807, 2.05) is 530 Å². The number of rotatable bonds is 8. The van der Waals surface area contributed by atoms with E-state index in [4.69, 9.17) is 18.9 Å². The highest BCUT2D eigenvalue weighted by Crippen LogP contribution is 2.27. The molecule has 0 spiro atoms. The first-order chi connectivity index (χ1) is 72.8. The van der Waals surface area contributed by atoms with E-state index in [0.717, 1.165) is 23.0 Å². The average Bonchev–Trinajstić information content (AvgIpc) is 1.64. The van der Waals surface area contributed by atoms with Crippen LogP contribution >= 0.6 is 11.8 Å². The lowest BCUT2D eigenvalue weighted by Crippen LogP contribution is -2.12. The van der Waals surface area contributed by atoms with E-state index in [-0.39, 0.29) is 5.41 Å². The predicted molar refractivity (Wildman–Crippen MR) is 709 cm³/mol. The first-order valence-corrected chi connectivity index (χ1v) is 58.6. The van der Waals surface area contributed by atoms with Crippen molar-refractivity contribution in [2.24, 2.45) is 0 Å². The summed E-state index contributed by atoms with van der Waals surface area (Å²) in [5.74, 6) is 3.82. The minimum Gasteiger partial charge on any atom is -0.496 e. The lowest BCUT2D eigenvalue weighted by atomic mass is 9.84. The quantitative estimate of drug-likeness (QED) is 0.112. The summed E-state index contributed by atoms with van der Waals surface area (Å²) in [6.45, 7) is 115. The van der Waals surface area contributed by atoms with E-state index >= 15 is 0 Å². The molecule has 0 aliphatic rings. The van der Waals surface area contributed by atoms with Crippen LogP contribution < -0.4 is 18.9 Å². The van der Waals surface area contributed by atoms with Crippen molar-refractivity contribution in [1.29, 1.82) is 0 Å². The Morgan fingerprint density at radius 3 is 0.470 bits per heavy atom. The SMILES string of the molecule is C/C=C\C=C/C.C/C=C\C=C/C.C/C=C\C=C/C.CC.CC.CC.CC.CC.CC.CC.CC.CC.CC.CC.CC.CC.CC.CC.CC.CC.CC.CC.CC.CC.COc1ccccc1C.COc1ccccc1C.COc1ccccc1C.COc1ccccc1C.CSc1ccccc1C.Cc1ccccc1C(C)(C)C.c1cc2ccn3ccc(c1)c23.c1cc2ccn3ccc(c1)c23.c1cc2ccn3ccc(c1)c23. The Hall–Kier alpha value is -11.2. The fraction of sp³-hybridized carbons (Fsp3) is 0.447. The van der Waals surface area contributed by atoms with Crippen molar-refractivity contribution >= 4 is 60.6 Å². The van der Waals surface area contributed by atoms with Gasteiger partial charge in [0.25, 0.3) is 0 Å². The maximum Gasteiger partial charge on any atom is 0.121 e. The number of allylic oxidation sites excluding steroid dienone is 12. The minimum absolute atomic E-state index is 0.283. The van der Waals surface area contributed by atoms with Crippen LogP contribution in [0.5, 0.6) is 23.0 Å². The maximum atomic E-state index is 5.04. The predicted octanol–water partition coefficient (Wildman–Crippen LogP) is 49.6. The molecule has 15 aromatic rings. The third-order valence-electron chi connectivity index (χ3n) is 16.6. The summed E-state index contributed by atoms with van der Waals surface area (Å²) in [6.07, 6.45) is 38.7. The Bertz CT molecular complexity index is 4290. The van der Waals surface area contributed by atoms with E-state index in [9.17, 15) is 0 Å². The second-order valence-electron chi connectivity index (χ2n) is 25.5. The summed E-state index contributed by atoms with van der Waals surface area (Å²) < 4.78 is 26.7. The lowest BCUT2D eigenvalue weighted by molar-refractivity contribution is 0.411. The van der Waals surface area contributed by atoms with E-state index in [2.05, 4.69) is 231 Å². The van der Waals surface area contributed by atoms with Gasteiger partial charge >= 0.3 is 0 Å². The molecule has 0 saturated heterocycles. The Kier molecular flexibility index (Phi) is 183. The highest BCUT2D eigenvalue weighted by Gasteiger charge is 2.15. The van der Waals surface area contributed by atoms with Crippen LogP contribution in [-0.2, 0) is 5.41 Å². The molecule has 852 valence electrons. The molecule has 0 saturated carbocycles. The molecule has 0 aliphatic carbocycles. The van der Waals surface area contributed by atoms with Gasteiger partial charge in [-0.15, -0.1) is 11.8 Å². The molecule has 0 amide bonds. The largest absolute Gasteiger partial charge is 0.496 e. The number of nitrogens with zero attached hydrogens (tertiary/aromatic N) is 3. The van der Waals surface area contributed by atoms with Crippen molar-refractivity contribution in [3.8, 4) is 23.0 Å². The van der Waals surface area contributed by atoms with Crippen LogP contribution in [0.15, 0.2) is 352 Å². The van der Waals surface area contributed by atoms with Crippen LogP contribution in [0.3, 0.4) is 0 Å². The van der Waals surface area contributed by atoms with Gasteiger partial charge in [-0.25, -0.2) is 0 Å². The Morgan fingerprint density at radius 2 is 0.349 bits per heavy atom. The Balaban J connectivity index is -0.0000000763. The molecular weight excluding hydrogens is 1830 g/mol. The van der Waals surface area contributed by atoms with Gasteiger partial charge in [0.05, 0.1) is 45.0 Å². The summed E-state index contributed by atoms with van der Waals surface area (Å²) in [4.78, 5) is 1.37. The number of ether oxygens (including phenoxy) is 4. The molecule has 0 unspecified atom stereocenters. The van der Waals surface area contributed by atoms with Crippen molar-refractivity contribution in [3.05, 3.63) is 386 Å². The van der Waals surface area contributed by atoms with Gasteiger partial charge in [0.1, 0.15) is 23.0 Å². The van der Waals surface area contributed by atoms with Gasteiger partial charge in [0.15, 0.2) is 0 Å². The molecule has 0 aliphatic heterocycles. The highest BCUT2D eigenvalue weighted by molar-refractivity contribution is 7.98. The van der Waals surface area contributed by atoms with Gasteiger partial charge < -0.3 is 32.1 Å².